The maximum Gasteiger partial charge on any atom is 0.330 e. The van der Waals surface area contributed by atoms with Crippen LogP contribution in [0.5, 0.6) is 0 Å². The summed E-state index contributed by atoms with van der Waals surface area (Å²) in [5, 5.41) is 3.35. The smallest absolute Gasteiger partial charge is 0.330 e. The van der Waals surface area contributed by atoms with Crippen LogP contribution in [0.2, 0.25) is 0 Å². The molecule has 0 spiro atoms. The summed E-state index contributed by atoms with van der Waals surface area (Å²) in [4.78, 5) is 14.5. The van der Waals surface area contributed by atoms with Gasteiger partial charge in [0.05, 0.1) is 7.11 Å². The molecular weight excluding hydrogens is 332 g/mol. The highest BCUT2D eigenvalue weighted by Crippen LogP contribution is 2.24. The standard InChI is InChI=1S/C16H25BrN2O2/c1-5-19(6-2)12-11-18-16(3,15(20)21-4)13-7-9-14(17)10-8-13/h7-10,18H,5-6,11-12H2,1-4H3. The molecule has 1 aromatic carbocycles. The predicted octanol–water partition coefficient (Wildman–Crippen LogP) is 2.77. The lowest BCUT2D eigenvalue weighted by molar-refractivity contribution is -0.148. The van der Waals surface area contributed by atoms with E-state index in [2.05, 4.69) is 40.0 Å². The molecule has 0 heterocycles. The topological polar surface area (TPSA) is 41.6 Å². The third-order valence-corrected chi connectivity index (χ3v) is 4.34. The highest BCUT2D eigenvalue weighted by molar-refractivity contribution is 9.10. The predicted molar refractivity (Wildman–Crippen MR) is 89.3 cm³/mol. The zero-order chi connectivity index (χ0) is 15.9. The summed E-state index contributed by atoms with van der Waals surface area (Å²) in [5.74, 6) is -0.274. The van der Waals surface area contributed by atoms with Crippen LogP contribution in [0, 0.1) is 0 Å². The number of esters is 1. The lowest BCUT2D eigenvalue weighted by Crippen LogP contribution is -2.49. The van der Waals surface area contributed by atoms with Crippen molar-refractivity contribution in [3.8, 4) is 0 Å². The van der Waals surface area contributed by atoms with E-state index < -0.39 is 5.54 Å². The van der Waals surface area contributed by atoms with Gasteiger partial charge in [-0.25, -0.2) is 4.79 Å². The van der Waals surface area contributed by atoms with E-state index in [1.54, 1.807) is 0 Å². The third-order valence-electron chi connectivity index (χ3n) is 3.82. The molecule has 1 atom stereocenters. The number of carbonyl (C=O) groups excluding carboxylic acids is 1. The van der Waals surface area contributed by atoms with Gasteiger partial charge in [-0.15, -0.1) is 0 Å². The van der Waals surface area contributed by atoms with Crippen LogP contribution in [0.4, 0.5) is 0 Å². The average Bonchev–Trinajstić information content (AvgIpc) is 2.51. The van der Waals surface area contributed by atoms with Gasteiger partial charge in [0.25, 0.3) is 0 Å². The van der Waals surface area contributed by atoms with Gasteiger partial charge >= 0.3 is 5.97 Å². The fourth-order valence-electron chi connectivity index (χ4n) is 2.28. The minimum atomic E-state index is -0.831. The minimum Gasteiger partial charge on any atom is -0.467 e. The van der Waals surface area contributed by atoms with Crippen LogP contribution in [-0.2, 0) is 15.1 Å². The zero-order valence-electron chi connectivity index (χ0n) is 13.3. The molecule has 0 aromatic heterocycles. The number of hydrogen-bond acceptors (Lipinski definition) is 4. The van der Waals surface area contributed by atoms with Crippen molar-refractivity contribution in [3.05, 3.63) is 34.3 Å². The van der Waals surface area contributed by atoms with Crippen molar-refractivity contribution in [2.75, 3.05) is 33.3 Å². The van der Waals surface area contributed by atoms with Crippen molar-refractivity contribution in [1.29, 1.82) is 0 Å². The molecule has 1 aromatic rings. The number of benzene rings is 1. The Balaban J connectivity index is 2.84. The third kappa shape index (κ3) is 4.80. The van der Waals surface area contributed by atoms with Gasteiger partial charge in [-0.05, 0) is 37.7 Å². The molecule has 0 aliphatic rings. The van der Waals surface area contributed by atoms with E-state index in [1.165, 1.54) is 7.11 Å². The SMILES string of the molecule is CCN(CC)CCNC(C)(C(=O)OC)c1ccc(Br)cc1. The Kier molecular flexibility index (Phi) is 7.35. The van der Waals surface area contributed by atoms with Gasteiger partial charge in [-0.1, -0.05) is 41.9 Å². The summed E-state index contributed by atoms with van der Waals surface area (Å²) in [6.45, 7) is 9.77. The Morgan fingerprint density at radius 1 is 1.29 bits per heavy atom. The van der Waals surface area contributed by atoms with Gasteiger partial charge in [-0.2, -0.15) is 0 Å². The lowest BCUT2D eigenvalue weighted by atomic mass is 9.92. The number of likely N-dealkylation sites (N-methyl/N-ethyl adjacent to an activating group) is 1. The van der Waals surface area contributed by atoms with Crippen LogP contribution in [-0.4, -0.2) is 44.2 Å². The number of methoxy groups -OCH3 is 1. The Hall–Kier alpha value is -0.910. The number of rotatable bonds is 8. The molecule has 0 fully saturated rings. The van der Waals surface area contributed by atoms with E-state index >= 15 is 0 Å². The highest BCUT2D eigenvalue weighted by atomic mass is 79.9. The van der Waals surface area contributed by atoms with Crippen LogP contribution in [0.15, 0.2) is 28.7 Å². The number of nitrogens with zero attached hydrogens (tertiary/aromatic N) is 1. The lowest BCUT2D eigenvalue weighted by Gasteiger charge is -2.30. The molecule has 0 radical (unpaired) electrons. The van der Waals surface area contributed by atoms with Gasteiger partial charge in [0.2, 0.25) is 0 Å². The molecule has 0 saturated heterocycles. The maximum atomic E-state index is 12.2. The van der Waals surface area contributed by atoms with Crippen molar-refractivity contribution in [1.82, 2.24) is 10.2 Å². The molecule has 4 nitrogen and oxygen atoms in total. The Morgan fingerprint density at radius 3 is 2.33 bits per heavy atom. The summed E-state index contributed by atoms with van der Waals surface area (Å²) < 4.78 is 5.97. The number of hydrogen-bond donors (Lipinski definition) is 1. The summed E-state index contributed by atoms with van der Waals surface area (Å²) >= 11 is 3.41. The number of carbonyl (C=O) groups is 1. The van der Waals surface area contributed by atoms with Gasteiger partial charge in [0.1, 0.15) is 5.54 Å². The largest absolute Gasteiger partial charge is 0.467 e. The van der Waals surface area contributed by atoms with E-state index in [0.29, 0.717) is 0 Å². The van der Waals surface area contributed by atoms with Crippen molar-refractivity contribution in [2.45, 2.75) is 26.3 Å². The molecule has 0 saturated carbocycles. The van der Waals surface area contributed by atoms with Crippen molar-refractivity contribution in [2.24, 2.45) is 0 Å². The summed E-state index contributed by atoms with van der Waals surface area (Å²) in [6, 6.07) is 7.74. The Labute approximate surface area is 136 Å². The minimum absolute atomic E-state index is 0.274. The summed E-state index contributed by atoms with van der Waals surface area (Å²) in [6.07, 6.45) is 0. The molecule has 0 aliphatic carbocycles. The second-order valence-corrected chi connectivity index (χ2v) is 5.99. The molecule has 1 rings (SSSR count). The van der Waals surface area contributed by atoms with Crippen LogP contribution < -0.4 is 5.32 Å². The van der Waals surface area contributed by atoms with Gasteiger partial charge < -0.3 is 9.64 Å². The first kappa shape index (κ1) is 18.1. The van der Waals surface area contributed by atoms with Crippen LogP contribution in [0.3, 0.4) is 0 Å². The summed E-state index contributed by atoms with van der Waals surface area (Å²) in [5.41, 5.74) is 0.0693. The van der Waals surface area contributed by atoms with Crippen LogP contribution >= 0.6 is 15.9 Å². The molecule has 5 heteroatoms. The Morgan fingerprint density at radius 2 is 1.86 bits per heavy atom. The highest BCUT2D eigenvalue weighted by Gasteiger charge is 2.35. The molecular formula is C16H25BrN2O2. The van der Waals surface area contributed by atoms with Crippen molar-refractivity contribution < 1.29 is 9.53 Å². The number of halogens is 1. The molecule has 0 bridgehead atoms. The van der Waals surface area contributed by atoms with E-state index in [0.717, 1.165) is 36.2 Å². The van der Waals surface area contributed by atoms with Crippen molar-refractivity contribution in [3.63, 3.8) is 0 Å². The Bertz CT molecular complexity index is 446. The fourth-order valence-corrected chi connectivity index (χ4v) is 2.55. The van der Waals surface area contributed by atoms with E-state index in [4.69, 9.17) is 4.74 Å². The monoisotopic (exact) mass is 356 g/mol. The van der Waals surface area contributed by atoms with Crippen LogP contribution in [0.1, 0.15) is 26.3 Å². The van der Waals surface area contributed by atoms with Crippen molar-refractivity contribution >= 4 is 21.9 Å². The fraction of sp³-hybridized carbons (Fsp3) is 0.562. The van der Waals surface area contributed by atoms with E-state index in [1.807, 2.05) is 31.2 Å². The number of ether oxygens (including phenoxy) is 1. The zero-order valence-corrected chi connectivity index (χ0v) is 14.9. The first-order chi connectivity index (χ1) is 9.97. The normalized spacial score (nSPS) is 14.0. The summed E-state index contributed by atoms with van der Waals surface area (Å²) in [7, 11) is 1.42. The maximum absolute atomic E-state index is 12.2. The first-order valence-corrected chi connectivity index (χ1v) is 8.09. The second-order valence-electron chi connectivity index (χ2n) is 5.08. The van der Waals surface area contributed by atoms with Gasteiger partial charge in [0.15, 0.2) is 0 Å². The van der Waals surface area contributed by atoms with Gasteiger partial charge in [-0.3, -0.25) is 5.32 Å². The molecule has 1 N–H and O–H groups in total. The number of nitrogens with one attached hydrogen (secondary N) is 1. The van der Waals surface area contributed by atoms with E-state index in [9.17, 15) is 4.79 Å². The molecule has 0 aliphatic heterocycles. The van der Waals surface area contributed by atoms with E-state index in [-0.39, 0.29) is 5.97 Å². The molecule has 0 amide bonds. The quantitative estimate of drug-likeness (QED) is 0.727. The van der Waals surface area contributed by atoms with Gasteiger partial charge in [0, 0.05) is 17.6 Å². The first-order valence-electron chi connectivity index (χ1n) is 7.29. The second kappa shape index (κ2) is 8.51. The molecule has 21 heavy (non-hydrogen) atoms. The molecule has 118 valence electrons. The molecule has 1 unspecified atom stereocenters. The average molecular weight is 357 g/mol. The van der Waals surface area contributed by atoms with Crippen LogP contribution in [0.25, 0.3) is 0 Å².